The molecule has 2 aromatic rings. The van der Waals surface area contributed by atoms with Crippen LogP contribution in [0.1, 0.15) is 21.5 Å². The van der Waals surface area contributed by atoms with Crippen LogP contribution in [0.5, 0.6) is 5.75 Å². The third-order valence-corrected chi connectivity index (χ3v) is 4.84. The maximum atomic E-state index is 12.3. The van der Waals surface area contributed by atoms with E-state index in [2.05, 4.69) is 39.7 Å². The summed E-state index contributed by atoms with van der Waals surface area (Å²) in [7, 11) is 0. The van der Waals surface area contributed by atoms with Gasteiger partial charge in [-0.3, -0.25) is 9.69 Å². The van der Waals surface area contributed by atoms with E-state index in [4.69, 9.17) is 0 Å². The number of piperazine rings is 1. The molecule has 0 atom stereocenters. The number of ether oxygens (including phenoxy) is 1. The second-order valence-electron chi connectivity index (χ2n) is 6.82. The molecule has 4 nitrogen and oxygen atoms in total. The second-order valence-corrected chi connectivity index (χ2v) is 6.82. The van der Waals surface area contributed by atoms with Gasteiger partial charge in [0.25, 0.3) is 0 Å². The zero-order valence-electron chi connectivity index (χ0n) is 15.9. The molecule has 3 rings (SSSR count). The first-order valence-electron chi connectivity index (χ1n) is 9.29. The molecule has 0 aromatic heterocycles. The van der Waals surface area contributed by atoms with Crippen LogP contribution in [0.3, 0.4) is 0 Å². The van der Waals surface area contributed by atoms with Gasteiger partial charge in [-0.1, -0.05) is 36.4 Å². The van der Waals surface area contributed by atoms with Crippen molar-refractivity contribution in [3.63, 3.8) is 0 Å². The standard InChI is InChI=1S/C22H24F2N2O2/c1-17-5-2-3-6-19(17)16-26-13-11-25(12-14-26)10-9-21(27)18-7-4-8-20(15-18)28-22(23)24/h2-10,15,22H,11-14,16H2,1H3. The summed E-state index contributed by atoms with van der Waals surface area (Å²) >= 11 is 0. The van der Waals surface area contributed by atoms with E-state index in [1.54, 1.807) is 12.3 Å². The van der Waals surface area contributed by atoms with Gasteiger partial charge in [0, 0.05) is 50.6 Å². The molecule has 148 valence electrons. The van der Waals surface area contributed by atoms with E-state index in [9.17, 15) is 13.6 Å². The summed E-state index contributed by atoms with van der Waals surface area (Å²) in [4.78, 5) is 16.8. The predicted octanol–water partition coefficient (Wildman–Crippen LogP) is 4.11. The molecule has 1 saturated heterocycles. The number of hydrogen-bond acceptors (Lipinski definition) is 4. The third-order valence-electron chi connectivity index (χ3n) is 4.84. The van der Waals surface area contributed by atoms with Crippen LogP contribution in [0.4, 0.5) is 8.78 Å². The molecular formula is C22H24F2N2O2. The average Bonchev–Trinajstić information content (AvgIpc) is 2.68. The Morgan fingerprint density at radius 1 is 1.11 bits per heavy atom. The normalized spacial score (nSPS) is 15.4. The summed E-state index contributed by atoms with van der Waals surface area (Å²) in [6.45, 7) is 3.67. The van der Waals surface area contributed by atoms with Gasteiger partial charge in [-0.2, -0.15) is 8.78 Å². The SMILES string of the molecule is Cc1ccccc1CN1CCN(C=CC(=O)c2cccc(OC(F)F)c2)CC1. The van der Waals surface area contributed by atoms with Gasteiger partial charge in [0.2, 0.25) is 0 Å². The van der Waals surface area contributed by atoms with Gasteiger partial charge in [0.1, 0.15) is 5.75 Å². The number of nitrogens with zero attached hydrogens (tertiary/aromatic N) is 2. The fourth-order valence-electron chi connectivity index (χ4n) is 3.19. The highest BCUT2D eigenvalue weighted by Crippen LogP contribution is 2.17. The number of alkyl halides is 2. The van der Waals surface area contributed by atoms with Crippen molar-refractivity contribution in [2.75, 3.05) is 26.2 Å². The first-order chi connectivity index (χ1) is 13.5. The number of rotatable bonds is 7. The average molecular weight is 386 g/mol. The molecule has 28 heavy (non-hydrogen) atoms. The summed E-state index contributed by atoms with van der Waals surface area (Å²) in [5.41, 5.74) is 2.97. The van der Waals surface area contributed by atoms with E-state index >= 15 is 0 Å². The molecule has 0 unspecified atom stereocenters. The maximum Gasteiger partial charge on any atom is 0.387 e. The second kappa shape index (κ2) is 9.46. The van der Waals surface area contributed by atoms with Gasteiger partial charge in [-0.05, 0) is 30.2 Å². The Morgan fingerprint density at radius 3 is 2.57 bits per heavy atom. The smallest absolute Gasteiger partial charge is 0.387 e. The van der Waals surface area contributed by atoms with Crippen LogP contribution in [0.15, 0.2) is 60.8 Å². The number of halogens is 2. The highest BCUT2D eigenvalue weighted by Gasteiger charge is 2.15. The van der Waals surface area contributed by atoms with Crippen LogP contribution in [0.25, 0.3) is 0 Å². The number of carbonyl (C=O) groups is 1. The summed E-state index contributed by atoms with van der Waals surface area (Å²) in [6.07, 6.45) is 3.27. The Balaban J connectivity index is 1.51. The zero-order valence-corrected chi connectivity index (χ0v) is 15.9. The Bertz CT molecular complexity index is 831. The Labute approximate surface area is 164 Å². The maximum absolute atomic E-state index is 12.3. The van der Waals surface area contributed by atoms with E-state index in [1.807, 2.05) is 6.07 Å². The van der Waals surface area contributed by atoms with Gasteiger partial charge >= 0.3 is 6.61 Å². The molecule has 1 aliphatic heterocycles. The first-order valence-corrected chi connectivity index (χ1v) is 9.29. The zero-order chi connectivity index (χ0) is 19.9. The predicted molar refractivity (Wildman–Crippen MR) is 105 cm³/mol. The number of carbonyl (C=O) groups excluding carboxylic acids is 1. The van der Waals surface area contributed by atoms with E-state index in [-0.39, 0.29) is 11.5 Å². The largest absolute Gasteiger partial charge is 0.435 e. The van der Waals surface area contributed by atoms with Gasteiger partial charge in [-0.15, -0.1) is 0 Å². The Hall–Kier alpha value is -2.73. The molecule has 0 amide bonds. The summed E-state index contributed by atoms with van der Waals surface area (Å²) in [5, 5.41) is 0. The van der Waals surface area contributed by atoms with Gasteiger partial charge in [-0.25, -0.2) is 0 Å². The lowest BCUT2D eigenvalue weighted by molar-refractivity contribution is -0.0498. The fraction of sp³-hybridized carbons (Fsp3) is 0.318. The summed E-state index contributed by atoms with van der Waals surface area (Å²) < 4.78 is 29.0. The minimum absolute atomic E-state index is 0.0148. The van der Waals surface area contributed by atoms with Crippen molar-refractivity contribution < 1.29 is 18.3 Å². The van der Waals surface area contributed by atoms with Crippen LogP contribution in [0, 0.1) is 6.92 Å². The van der Waals surface area contributed by atoms with Crippen molar-refractivity contribution >= 4 is 5.78 Å². The summed E-state index contributed by atoms with van der Waals surface area (Å²) in [5.74, 6) is -0.249. The molecule has 1 fully saturated rings. The van der Waals surface area contributed by atoms with E-state index in [0.717, 1.165) is 32.7 Å². The molecule has 0 radical (unpaired) electrons. The van der Waals surface area contributed by atoms with Crippen molar-refractivity contribution in [1.82, 2.24) is 9.80 Å². The van der Waals surface area contributed by atoms with Crippen molar-refractivity contribution in [1.29, 1.82) is 0 Å². The lowest BCUT2D eigenvalue weighted by atomic mass is 10.1. The monoisotopic (exact) mass is 386 g/mol. The molecule has 0 aliphatic carbocycles. The minimum Gasteiger partial charge on any atom is -0.435 e. The highest BCUT2D eigenvalue weighted by molar-refractivity contribution is 6.04. The quantitative estimate of drug-likeness (QED) is 0.530. The number of aryl methyl sites for hydroxylation is 1. The minimum atomic E-state index is -2.91. The number of benzene rings is 2. The Kier molecular flexibility index (Phi) is 6.76. The van der Waals surface area contributed by atoms with Crippen LogP contribution >= 0.6 is 0 Å². The molecule has 0 saturated carbocycles. The van der Waals surface area contributed by atoms with E-state index < -0.39 is 6.61 Å². The van der Waals surface area contributed by atoms with Gasteiger partial charge < -0.3 is 9.64 Å². The van der Waals surface area contributed by atoms with Gasteiger partial charge in [0.05, 0.1) is 0 Å². The summed E-state index contributed by atoms with van der Waals surface area (Å²) in [6, 6.07) is 14.3. The molecule has 0 bridgehead atoms. The van der Waals surface area contributed by atoms with Crippen LogP contribution in [0.2, 0.25) is 0 Å². The first kappa shape index (κ1) is 20.0. The van der Waals surface area contributed by atoms with Crippen molar-refractivity contribution in [3.8, 4) is 5.75 Å². The van der Waals surface area contributed by atoms with Crippen molar-refractivity contribution in [3.05, 3.63) is 77.5 Å². The molecule has 0 spiro atoms. The number of allylic oxidation sites excluding steroid dienone is 1. The topological polar surface area (TPSA) is 32.8 Å². The van der Waals surface area contributed by atoms with Crippen LogP contribution < -0.4 is 4.74 Å². The molecule has 2 aromatic carbocycles. The molecule has 1 heterocycles. The highest BCUT2D eigenvalue weighted by atomic mass is 19.3. The Morgan fingerprint density at radius 2 is 1.86 bits per heavy atom. The van der Waals surface area contributed by atoms with Gasteiger partial charge in [0.15, 0.2) is 5.78 Å². The molecule has 0 N–H and O–H groups in total. The lowest BCUT2D eigenvalue weighted by Crippen LogP contribution is -2.43. The van der Waals surface area contributed by atoms with Crippen molar-refractivity contribution in [2.45, 2.75) is 20.1 Å². The fourth-order valence-corrected chi connectivity index (χ4v) is 3.19. The molecule has 1 aliphatic rings. The van der Waals surface area contributed by atoms with Crippen LogP contribution in [-0.4, -0.2) is 48.4 Å². The van der Waals surface area contributed by atoms with E-state index in [1.165, 1.54) is 35.4 Å². The number of hydrogen-bond donors (Lipinski definition) is 0. The van der Waals surface area contributed by atoms with Crippen molar-refractivity contribution in [2.24, 2.45) is 0 Å². The van der Waals surface area contributed by atoms with E-state index in [0.29, 0.717) is 5.56 Å². The molecular weight excluding hydrogens is 362 g/mol. The lowest BCUT2D eigenvalue weighted by Gasteiger charge is -2.34. The third kappa shape index (κ3) is 5.63. The molecule has 6 heteroatoms. The number of ketones is 1. The van der Waals surface area contributed by atoms with Crippen LogP contribution in [-0.2, 0) is 6.54 Å².